The van der Waals surface area contributed by atoms with Crippen LogP contribution < -0.4 is 16.0 Å². The lowest BCUT2D eigenvalue weighted by molar-refractivity contribution is -0.128. The van der Waals surface area contributed by atoms with Gasteiger partial charge in [-0.15, -0.1) is 11.3 Å². The van der Waals surface area contributed by atoms with Crippen LogP contribution in [0, 0.1) is 0 Å². The van der Waals surface area contributed by atoms with Crippen molar-refractivity contribution in [1.82, 2.24) is 10.6 Å². The van der Waals surface area contributed by atoms with E-state index in [-0.39, 0.29) is 24.4 Å². The third kappa shape index (κ3) is 6.06. The van der Waals surface area contributed by atoms with Crippen molar-refractivity contribution in [2.45, 2.75) is 52.5 Å². The zero-order valence-electron chi connectivity index (χ0n) is 15.8. The number of anilines is 1. The molecule has 1 aliphatic carbocycles. The van der Waals surface area contributed by atoms with Crippen molar-refractivity contribution < 1.29 is 23.9 Å². The fourth-order valence-electron chi connectivity index (χ4n) is 2.84. The molecule has 3 amide bonds. The van der Waals surface area contributed by atoms with Gasteiger partial charge in [0.1, 0.15) is 5.00 Å². The highest BCUT2D eigenvalue weighted by Crippen LogP contribution is 2.38. The van der Waals surface area contributed by atoms with Crippen LogP contribution in [0.5, 0.6) is 0 Å². The molecule has 27 heavy (non-hydrogen) atoms. The summed E-state index contributed by atoms with van der Waals surface area (Å²) >= 11 is 1.39. The summed E-state index contributed by atoms with van der Waals surface area (Å²) in [5.41, 5.74) is 1.24. The summed E-state index contributed by atoms with van der Waals surface area (Å²) in [4.78, 5) is 48.4. The summed E-state index contributed by atoms with van der Waals surface area (Å²) < 4.78 is 5.12. The van der Waals surface area contributed by atoms with Crippen LogP contribution in [0.3, 0.4) is 0 Å². The van der Waals surface area contributed by atoms with Crippen LogP contribution in [0.1, 0.15) is 54.4 Å². The molecule has 0 bridgehead atoms. The van der Waals surface area contributed by atoms with Gasteiger partial charge in [0.25, 0.3) is 5.91 Å². The summed E-state index contributed by atoms with van der Waals surface area (Å²) in [6.07, 6.45) is 3.63. The molecule has 2 rings (SSSR count). The van der Waals surface area contributed by atoms with E-state index in [9.17, 15) is 19.2 Å². The van der Waals surface area contributed by atoms with Crippen LogP contribution in [0.15, 0.2) is 0 Å². The average molecular weight is 395 g/mol. The number of aryl methyl sites for hydroxylation is 1. The Morgan fingerprint density at radius 2 is 1.81 bits per heavy atom. The molecule has 3 N–H and O–H groups in total. The normalized spacial score (nSPS) is 12.9. The molecular weight excluding hydrogens is 370 g/mol. The third-order valence-electron chi connectivity index (χ3n) is 3.90. The van der Waals surface area contributed by atoms with Crippen LogP contribution in [0.4, 0.5) is 5.00 Å². The van der Waals surface area contributed by atoms with E-state index in [1.54, 1.807) is 0 Å². The fourth-order valence-corrected chi connectivity index (χ4v) is 4.16. The molecule has 0 atom stereocenters. The first-order chi connectivity index (χ1) is 12.8. The second-order valence-electron chi connectivity index (χ2n) is 6.67. The van der Waals surface area contributed by atoms with Crippen molar-refractivity contribution >= 4 is 40.0 Å². The van der Waals surface area contributed by atoms with Gasteiger partial charge >= 0.3 is 5.97 Å². The van der Waals surface area contributed by atoms with Crippen LogP contribution >= 0.6 is 11.3 Å². The van der Waals surface area contributed by atoms with Gasteiger partial charge in [0.15, 0.2) is 6.61 Å². The Hall–Kier alpha value is -2.42. The maximum atomic E-state index is 12.5. The second-order valence-corrected chi connectivity index (χ2v) is 7.78. The summed E-state index contributed by atoms with van der Waals surface area (Å²) in [6.45, 7) is 4.34. The molecule has 0 spiro atoms. The Bertz CT molecular complexity index is 742. The number of ether oxygens (including phenoxy) is 1. The number of esters is 1. The first kappa shape index (κ1) is 20.9. The Labute approximate surface area is 162 Å². The Kier molecular flexibility index (Phi) is 7.35. The third-order valence-corrected chi connectivity index (χ3v) is 5.10. The molecule has 0 fully saturated rings. The largest absolute Gasteiger partial charge is 0.452 e. The van der Waals surface area contributed by atoms with E-state index in [0.717, 1.165) is 36.1 Å². The van der Waals surface area contributed by atoms with Crippen molar-refractivity contribution in [3.8, 4) is 0 Å². The highest BCUT2D eigenvalue weighted by atomic mass is 32.1. The van der Waals surface area contributed by atoms with E-state index < -0.39 is 18.5 Å². The van der Waals surface area contributed by atoms with Crippen molar-refractivity contribution in [1.29, 1.82) is 0 Å². The molecule has 0 radical (unpaired) electrons. The number of rotatable bonds is 7. The van der Waals surface area contributed by atoms with Crippen LogP contribution in [0.2, 0.25) is 0 Å². The standard InChI is InChI=1S/C18H25N3O5S/c1-10(2)20-14(23)8-19-15(24)9-26-18(25)16-12-6-4-5-7-13(12)27-17(16)21-11(3)22/h10H,4-9H2,1-3H3,(H,19,24)(H,20,23)(H,21,22). The molecule has 0 aromatic carbocycles. The van der Waals surface area contributed by atoms with Gasteiger partial charge < -0.3 is 20.7 Å². The number of hydrogen-bond donors (Lipinski definition) is 3. The molecule has 1 aliphatic rings. The fraction of sp³-hybridized carbons (Fsp3) is 0.556. The van der Waals surface area contributed by atoms with Crippen molar-refractivity contribution in [2.75, 3.05) is 18.5 Å². The monoisotopic (exact) mass is 395 g/mol. The van der Waals surface area contributed by atoms with Crippen molar-refractivity contribution in [2.24, 2.45) is 0 Å². The molecule has 0 unspecified atom stereocenters. The molecular formula is C18H25N3O5S. The smallest absolute Gasteiger partial charge is 0.341 e. The number of hydrogen-bond acceptors (Lipinski definition) is 6. The van der Waals surface area contributed by atoms with Crippen LogP contribution in [-0.4, -0.2) is 42.9 Å². The summed E-state index contributed by atoms with van der Waals surface area (Å²) in [6, 6.07) is -0.0239. The number of carbonyl (C=O) groups excluding carboxylic acids is 4. The average Bonchev–Trinajstić information content (AvgIpc) is 2.94. The van der Waals surface area contributed by atoms with Crippen molar-refractivity contribution in [3.63, 3.8) is 0 Å². The van der Waals surface area contributed by atoms with E-state index in [0.29, 0.717) is 10.6 Å². The summed E-state index contributed by atoms with van der Waals surface area (Å²) in [5.74, 6) is -1.78. The molecule has 1 aromatic heterocycles. The molecule has 148 valence electrons. The minimum atomic E-state index is -0.639. The highest BCUT2D eigenvalue weighted by molar-refractivity contribution is 7.17. The number of thiophene rings is 1. The first-order valence-electron chi connectivity index (χ1n) is 8.93. The quantitative estimate of drug-likeness (QED) is 0.604. The summed E-state index contributed by atoms with van der Waals surface area (Å²) in [7, 11) is 0. The van der Waals surface area contributed by atoms with Crippen LogP contribution in [-0.2, 0) is 32.0 Å². The predicted octanol–water partition coefficient (Wildman–Crippen LogP) is 1.38. The Morgan fingerprint density at radius 1 is 1.11 bits per heavy atom. The van der Waals surface area contributed by atoms with E-state index in [1.807, 2.05) is 13.8 Å². The number of carbonyl (C=O) groups is 4. The van der Waals surface area contributed by atoms with Crippen molar-refractivity contribution in [3.05, 3.63) is 16.0 Å². The maximum Gasteiger partial charge on any atom is 0.341 e. The summed E-state index contributed by atoms with van der Waals surface area (Å²) in [5, 5.41) is 8.20. The SMILES string of the molecule is CC(=O)Nc1sc2c(c1C(=O)OCC(=O)NCC(=O)NC(C)C)CCCC2. The zero-order valence-corrected chi connectivity index (χ0v) is 16.6. The minimum Gasteiger partial charge on any atom is -0.452 e. The second kappa shape index (κ2) is 9.50. The molecule has 0 saturated heterocycles. The highest BCUT2D eigenvalue weighted by Gasteiger charge is 2.27. The molecule has 0 saturated carbocycles. The van der Waals surface area contributed by atoms with E-state index in [4.69, 9.17) is 4.74 Å². The van der Waals surface area contributed by atoms with Crippen LogP contribution in [0.25, 0.3) is 0 Å². The van der Waals surface area contributed by atoms with Gasteiger partial charge in [-0.1, -0.05) is 0 Å². The first-order valence-corrected chi connectivity index (χ1v) is 9.75. The molecule has 0 aliphatic heterocycles. The maximum absolute atomic E-state index is 12.5. The number of fused-ring (bicyclic) bond motifs is 1. The van der Waals surface area contributed by atoms with Gasteiger partial charge in [-0.2, -0.15) is 0 Å². The predicted molar refractivity (Wildman–Crippen MR) is 102 cm³/mol. The molecule has 1 heterocycles. The topological polar surface area (TPSA) is 114 Å². The lowest BCUT2D eigenvalue weighted by Crippen LogP contribution is -2.41. The zero-order chi connectivity index (χ0) is 20.0. The molecule has 8 nitrogen and oxygen atoms in total. The molecule has 9 heteroatoms. The lowest BCUT2D eigenvalue weighted by atomic mass is 9.95. The minimum absolute atomic E-state index is 0.0239. The van der Waals surface area contributed by atoms with E-state index in [1.165, 1.54) is 18.3 Å². The molecule has 1 aromatic rings. The number of nitrogens with one attached hydrogen (secondary N) is 3. The van der Waals surface area contributed by atoms with Gasteiger partial charge in [0.05, 0.1) is 12.1 Å². The van der Waals surface area contributed by atoms with Gasteiger partial charge in [0, 0.05) is 17.8 Å². The van der Waals surface area contributed by atoms with E-state index in [2.05, 4.69) is 16.0 Å². The van der Waals surface area contributed by atoms with Gasteiger partial charge in [0.2, 0.25) is 11.8 Å². The van der Waals surface area contributed by atoms with Gasteiger partial charge in [-0.3, -0.25) is 14.4 Å². The van der Waals surface area contributed by atoms with Gasteiger partial charge in [-0.05, 0) is 45.1 Å². The number of amides is 3. The van der Waals surface area contributed by atoms with Gasteiger partial charge in [-0.25, -0.2) is 4.79 Å². The van der Waals surface area contributed by atoms with E-state index >= 15 is 0 Å². The Morgan fingerprint density at radius 3 is 2.48 bits per heavy atom. The Balaban J connectivity index is 1.97. The lowest BCUT2D eigenvalue weighted by Gasteiger charge is -2.13.